The minimum atomic E-state index is -3.94. The van der Waals surface area contributed by atoms with Crippen molar-refractivity contribution in [3.8, 4) is 5.75 Å². The molecule has 29 heavy (non-hydrogen) atoms. The van der Waals surface area contributed by atoms with E-state index in [1.165, 1.54) is 28.2 Å². The number of carbonyl (C=O) groups is 1. The number of aryl methyl sites for hydroxylation is 2. The number of benzene rings is 1. The highest BCUT2D eigenvalue weighted by atomic mass is 32.2. The average molecular weight is 423 g/mol. The predicted molar refractivity (Wildman–Crippen MR) is 102 cm³/mol. The second-order valence-corrected chi connectivity index (χ2v) is 8.52. The fourth-order valence-corrected chi connectivity index (χ4v) is 4.67. The number of ether oxygens (including phenoxy) is 1. The van der Waals surface area contributed by atoms with Gasteiger partial charge in [0.25, 0.3) is 5.91 Å². The molecule has 0 unspecified atom stereocenters. The molecular formula is C17H21N5O6S. The maximum atomic E-state index is 12.9. The largest absolute Gasteiger partial charge is 0.490 e. The number of rotatable bonds is 5. The number of amides is 1. The SMILES string of the molecule is COc1ccc(S(=O)(=O)N2CCN(C(=O)c3cc(C)nn3C)CC2)cc1[N+](=O)[O-]. The number of nitro groups is 1. The van der Waals surface area contributed by atoms with Crippen LogP contribution in [0.3, 0.4) is 0 Å². The number of nitro benzene ring substituents is 1. The molecule has 1 amide bonds. The molecule has 0 N–H and O–H groups in total. The summed E-state index contributed by atoms with van der Waals surface area (Å²) in [6.45, 7) is 2.38. The van der Waals surface area contributed by atoms with Crippen LogP contribution in [0.1, 0.15) is 16.2 Å². The smallest absolute Gasteiger partial charge is 0.312 e. The molecule has 1 aromatic carbocycles. The Balaban J connectivity index is 1.76. The van der Waals surface area contributed by atoms with Crippen molar-refractivity contribution < 1.29 is 22.9 Å². The molecule has 0 bridgehead atoms. The maximum Gasteiger partial charge on any atom is 0.312 e. The first kappa shape index (κ1) is 20.7. The summed E-state index contributed by atoms with van der Waals surface area (Å²) < 4.78 is 33.4. The zero-order valence-electron chi connectivity index (χ0n) is 16.2. The average Bonchev–Trinajstić information content (AvgIpc) is 3.04. The molecular weight excluding hydrogens is 402 g/mol. The molecule has 0 aliphatic carbocycles. The van der Waals surface area contributed by atoms with Gasteiger partial charge in [0.05, 0.1) is 22.6 Å². The van der Waals surface area contributed by atoms with Crippen molar-refractivity contribution >= 4 is 21.6 Å². The number of piperazine rings is 1. The summed E-state index contributed by atoms with van der Waals surface area (Å²) in [5.41, 5.74) is 0.733. The van der Waals surface area contributed by atoms with E-state index in [-0.39, 0.29) is 42.7 Å². The van der Waals surface area contributed by atoms with Crippen molar-refractivity contribution in [2.24, 2.45) is 7.05 Å². The van der Waals surface area contributed by atoms with E-state index in [0.29, 0.717) is 5.69 Å². The van der Waals surface area contributed by atoms with Crippen molar-refractivity contribution in [3.63, 3.8) is 0 Å². The van der Waals surface area contributed by atoms with E-state index < -0.39 is 20.6 Å². The molecule has 0 saturated carbocycles. The van der Waals surface area contributed by atoms with E-state index in [9.17, 15) is 23.3 Å². The summed E-state index contributed by atoms with van der Waals surface area (Å²) in [6, 6.07) is 5.21. The predicted octanol–water partition coefficient (Wildman–Crippen LogP) is 0.792. The highest BCUT2D eigenvalue weighted by Gasteiger charge is 2.32. The van der Waals surface area contributed by atoms with Crippen LogP contribution in [0.5, 0.6) is 5.75 Å². The van der Waals surface area contributed by atoms with E-state index in [1.807, 2.05) is 0 Å². The van der Waals surface area contributed by atoms with Gasteiger partial charge in [0.15, 0.2) is 5.75 Å². The van der Waals surface area contributed by atoms with Gasteiger partial charge >= 0.3 is 5.69 Å². The lowest BCUT2D eigenvalue weighted by molar-refractivity contribution is -0.386. The molecule has 1 aliphatic rings. The maximum absolute atomic E-state index is 12.9. The standard InChI is InChI=1S/C17H21N5O6S/c1-12-10-15(19(2)18-12)17(23)20-6-8-21(9-7-20)29(26,27)13-4-5-16(28-3)14(11-13)22(24)25/h4-5,10-11H,6-9H2,1-3H3. The van der Waals surface area contributed by atoms with Crippen LogP contribution >= 0.6 is 0 Å². The summed E-state index contributed by atoms with van der Waals surface area (Å²) in [6.07, 6.45) is 0. The van der Waals surface area contributed by atoms with Crippen molar-refractivity contribution in [3.05, 3.63) is 45.8 Å². The van der Waals surface area contributed by atoms with Gasteiger partial charge in [-0.3, -0.25) is 19.6 Å². The van der Waals surface area contributed by atoms with Gasteiger partial charge in [0, 0.05) is 39.3 Å². The summed E-state index contributed by atoms with van der Waals surface area (Å²) in [5, 5.41) is 15.3. The minimum absolute atomic E-state index is 0.0177. The highest BCUT2D eigenvalue weighted by Crippen LogP contribution is 2.30. The van der Waals surface area contributed by atoms with E-state index in [4.69, 9.17) is 4.74 Å². The summed E-state index contributed by atoms with van der Waals surface area (Å²) in [4.78, 5) is 24.5. The minimum Gasteiger partial charge on any atom is -0.490 e. The second kappa shape index (κ2) is 7.79. The van der Waals surface area contributed by atoms with Crippen molar-refractivity contribution in [1.29, 1.82) is 0 Å². The van der Waals surface area contributed by atoms with E-state index >= 15 is 0 Å². The van der Waals surface area contributed by atoms with Gasteiger partial charge in [-0.2, -0.15) is 9.40 Å². The van der Waals surface area contributed by atoms with Crippen molar-refractivity contribution in [2.45, 2.75) is 11.8 Å². The summed E-state index contributed by atoms with van der Waals surface area (Å²) in [5.74, 6) is -0.235. The number of carbonyl (C=O) groups excluding carboxylic acids is 1. The first-order valence-electron chi connectivity index (χ1n) is 8.77. The zero-order chi connectivity index (χ0) is 21.3. The Bertz CT molecular complexity index is 1060. The third kappa shape index (κ3) is 3.93. The highest BCUT2D eigenvalue weighted by molar-refractivity contribution is 7.89. The zero-order valence-corrected chi connectivity index (χ0v) is 17.0. The number of nitrogens with zero attached hydrogens (tertiary/aromatic N) is 5. The third-order valence-corrected chi connectivity index (χ3v) is 6.63. The van der Waals surface area contributed by atoms with Gasteiger partial charge in [-0.1, -0.05) is 0 Å². The molecule has 1 fully saturated rings. The molecule has 0 radical (unpaired) electrons. The van der Waals surface area contributed by atoms with E-state index in [1.54, 1.807) is 24.9 Å². The van der Waals surface area contributed by atoms with Gasteiger partial charge in [0.1, 0.15) is 5.69 Å². The second-order valence-electron chi connectivity index (χ2n) is 6.58. The van der Waals surface area contributed by atoms with Gasteiger partial charge in [0.2, 0.25) is 10.0 Å². The Morgan fingerprint density at radius 3 is 2.38 bits per heavy atom. The van der Waals surface area contributed by atoms with Gasteiger partial charge in [-0.15, -0.1) is 0 Å². The van der Waals surface area contributed by atoms with Crippen LogP contribution in [0.2, 0.25) is 0 Å². The van der Waals surface area contributed by atoms with Crippen LogP contribution in [0.4, 0.5) is 5.69 Å². The van der Waals surface area contributed by atoms with Crippen LogP contribution in [0.15, 0.2) is 29.2 Å². The molecule has 2 aromatic rings. The van der Waals surface area contributed by atoms with Crippen molar-refractivity contribution in [2.75, 3.05) is 33.3 Å². The molecule has 2 heterocycles. The number of hydrogen-bond donors (Lipinski definition) is 0. The van der Waals surface area contributed by atoms with Gasteiger partial charge < -0.3 is 9.64 Å². The lowest BCUT2D eigenvalue weighted by Gasteiger charge is -2.33. The number of aromatic nitrogens is 2. The Morgan fingerprint density at radius 1 is 1.21 bits per heavy atom. The lowest BCUT2D eigenvalue weighted by atomic mass is 10.3. The molecule has 1 aromatic heterocycles. The van der Waals surface area contributed by atoms with Crippen molar-refractivity contribution in [1.82, 2.24) is 19.0 Å². The molecule has 1 saturated heterocycles. The topological polar surface area (TPSA) is 128 Å². The molecule has 156 valence electrons. The third-order valence-electron chi connectivity index (χ3n) is 4.73. The van der Waals surface area contributed by atoms with Crippen LogP contribution in [0, 0.1) is 17.0 Å². The van der Waals surface area contributed by atoms with Crippen LogP contribution < -0.4 is 4.74 Å². The van der Waals surface area contributed by atoms with Gasteiger partial charge in [-0.25, -0.2) is 8.42 Å². The van der Waals surface area contributed by atoms with Crippen LogP contribution in [-0.2, 0) is 17.1 Å². The Morgan fingerprint density at radius 2 is 1.86 bits per heavy atom. The monoisotopic (exact) mass is 423 g/mol. The van der Waals surface area contributed by atoms with Crippen LogP contribution in [0.25, 0.3) is 0 Å². The first-order chi connectivity index (χ1) is 13.6. The Labute approximate surface area is 167 Å². The quantitative estimate of drug-likeness (QED) is 0.514. The Kier molecular flexibility index (Phi) is 5.57. The summed E-state index contributed by atoms with van der Waals surface area (Å²) >= 11 is 0. The number of hydrogen-bond acceptors (Lipinski definition) is 7. The molecule has 1 aliphatic heterocycles. The fourth-order valence-electron chi connectivity index (χ4n) is 3.23. The number of sulfonamides is 1. The first-order valence-corrected chi connectivity index (χ1v) is 10.2. The molecule has 0 atom stereocenters. The van der Waals surface area contributed by atoms with Crippen LogP contribution in [-0.4, -0.2) is 71.5 Å². The fraction of sp³-hybridized carbons (Fsp3) is 0.412. The molecule has 12 heteroatoms. The lowest BCUT2D eigenvalue weighted by Crippen LogP contribution is -2.50. The molecule has 3 rings (SSSR count). The number of methoxy groups -OCH3 is 1. The summed E-state index contributed by atoms with van der Waals surface area (Å²) in [7, 11) is -0.991. The van der Waals surface area contributed by atoms with Gasteiger partial charge in [-0.05, 0) is 25.1 Å². The molecule has 11 nitrogen and oxygen atoms in total. The molecule has 0 spiro atoms. The Hall–Kier alpha value is -2.99. The van der Waals surface area contributed by atoms with E-state index in [2.05, 4.69) is 5.10 Å². The normalized spacial score (nSPS) is 15.3. The van der Waals surface area contributed by atoms with E-state index in [0.717, 1.165) is 11.8 Å².